The Morgan fingerprint density at radius 3 is 2.68 bits per heavy atom. The minimum absolute atomic E-state index is 0.0127. The van der Waals surface area contributed by atoms with Crippen LogP contribution in [0, 0.1) is 0 Å². The molecule has 0 saturated heterocycles. The van der Waals surface area contributed by atoms with Crippen LogP contribution in [0.3, 0.4) is 0 Å². The molecule has 2 N–H and O–H groups in total. The first-order chi connectivity index (χ1) is 8.75. The third kappa shape index (κ3) is 4.31. The molecule has 0 fully saturated rings. The van der Waals surface area contributed by atoms with Gasteiger partial charge in [-0.25, -0.2) is 13.4 Å². The fourth-order valence-electron chi connectivity index (χ4n) is 1.29. The molecule has 0 unspecified atom stereocenters. The average Bonchev–Trinajstić information content (AvgIpc) is 2.31. The van der Waals surface area contributed by atoms with Crippen LogP contribution in [0.4, 0.5) is 5.82 Å². The molecular formula is C11H18ClN3O3S. The third-order valence-corrected chi connectivity index (χ3v) is 4.54. The number of pyridine rings is 1. The van der Waals surface area contributed by atoms with Gasteiger partial charge in [-0.15, -0.1) is 0 Å². The Labute approximate surface area is 118 Å². The number of hydrogen-bond acceptors (Lipinski definition) is 5. The maximum Gasteiger partial charge on any atom is 0.244 e. The number of nitrogen functional groups attached to an aromatic ring is 1. The molecule has 108 valence electrons. The predicted molar refractivity (Wildman–Crippen MR) is 74.6 cm³/mol. The highest BCUT2D eigenvalue weighted by atomic mass is 35.5. The second-order valence-corrected chi connectivity index (χ2v) is 6.74. The van der Waals surface area contributed by atoms with Gasteiger partial charge in [0.2, 0.25) is 10.0 Å². The highest BCUT2D eigenvalue weighted by Crippen LogP contribution is 2.21. The second-order valence-electron chi connectivity index (χ2n) is 4.28. The molecule has 1 heterocycles. The summed E-state index contributed by atoms with van der Waals surface area (Å²) in [5.74, 6) is 0.103. The lowest BCUT2D eigenvalue weighted by Gasteiger charge is -2.18. The fourth-order valence-corrected chi connectivity index (χ4v) is 2.65. The van der Waals surface area contributed by atoms with Crippen molar-refractivity contribution in [3.8, 4) is 0 Å². The van der Waals surface area contributed by atoms with Gasteiger partial charge >= 0.3 is 0 Å². The van der Waals surface area contributed by atoms with Gasteiger partial charge in [0, 0.05) is 19.8 Å². The maximum absolute atomic E-state index is 12.2. The molecule has 0 spiro atoms. The van der Waals surface area contributed by atoms with Crippen molar-refractivity contribution in [2.24, 2.45) is 0 Å². The van der Waals surface area contributed by atoms with Crippen LogP contribution >= 0.6 is 11.6 Å². The van der Waals surface area contributed by atoms with Crippen LogP contribution in [0.1, 0.15) is 13.8 Å². The molecule has 0 bridgehead atoms. The molecule has 0 aliphatic carbocycles. The number of rotatable bonds is 6. The molecule has 0 aromatic carbocycles. The molecule has 8 heteroatoms. The standard InChI is InChI=1S/C11H18ClN3O3S/c1-8(2)18-5-4-15(3)19(16,17)9-6-10(12)11(13)14-7-9/h6-8H,4-5H2,1-3H3,(H2,13,14). The number of nitrogens with zero attached hydrogens (tertiary/aromatic N) is 2. The molecule has 1 aromatic heterocycles. The molecule has 1 rings (SSSR count). The Kier molecular flexibility index (Phi) is 5.54. The van der Waals surface area contributed by atoms with Crippen LogP contribution in [0.15, 0.2) is 17.2 Å². The number of likely N-dealkylation sites (N-methyl/N-ethyl adjacent to an activating group) is 1. The Balaban J connectivity index is 2.81. The lowest BCUT2D eigenvalue weighted by molar-refractivity contribution is 0.0737. The van der Waals surface area contributed by atoms with E-state index >= 15 is 0 Å². The smallest absolute Gasteiger partial charge is 0.244 e. The zero-order valence-corrected chi connectivity index (χ0v) is 12.7. The van der Waals surface area contributed by atoms with Gasteiger partial charge < -0.3 is 10.5 Å². The molecule has 1 aromatic rings. The molecule has 0 radical (unpaired) electrons. The van der Waals surface area contributed by atoms with E-state index in [-0.39, 0.29) is 28.4 Å². The normalized spacial score (nSPS) is 12.3. The lowest BCUT2D eigenvalue weighted by Crippen LogP contribution is -2.31. The van der Waals surface area contributed by atoms with E-state index < -0.39 is 10.0 Å². The van der Waals surface area contributed by atoms with E-state index in [1.807, 2.05) is 13.8 Å². The average molecular weight is 308 g/mol. The summed E-state index contributed by atoms with van der Waals surface area (Å²) in [6.45, 7) is 4.35. The van der Waals surface area contributed by atoms with Crippen molar-refractivity contribution < 1.29 is 13.2 Å². The summed E-state index contributed by atoms with van der Waals surface area (Å²) >= 11 is 5.78. The molecule has 6 nitrogen and oxygen atoms in total. The first-order valence-electron chi connectivity index (χ1n) is 5.74. The Morgan fingerprint density at radius 2 is 2.16 bits per heavy atom. The molecule has 0 aliphatic rings. The highest BCUT2D eigenvalue weighted by molar-refractivity contribution is 7.89. The molecule has 19 heavy (non-hydrogen) atoms. The van der Waals surface area contributed by atoms with Crippen LogP contribution in [0.5, 0.6) is 0 Å². The van der Waals surface area contributed by atoms with E-state index in [1.165, 1.54) is 23.6 Å². The topological polar surface area (TPSA) is 85.5 Å². The Bertz CT molecular complexity index is 534. The van der Waals surface area contributed by atoms with Gasteiger partial charge in [0.1, 0.15) is 10.7 Å². The van der Waals surface area contributed by atoms with Crippen LogP contribution in [-0.2, 0) is 14.8 Å². The Morgan fingerprint density at radius 1 is 1.53 bits per heavy atom. The van der Waals surface area contributed by atoms with Gasteiger partial charge in [0.15, 0.2) is 0 Å². The van der Waals surface area contributed by atoms with Crippen molar-refractivity contribution in [2.75, 3.05) is 25.9 Å². The molecule has 0 saturated carbocycles. The van der Waals surface area contributed by atoms with E-state index in [4.69, 9.17) is 22.1 Å². The lowest BCUT2D eigenvalue weighted by atomic mass is 10.5. The van der Waals surface area contributed by atoms with E-state index in [9.17, 15) is 8.42 Å². The molecular weight excluding hydrogens is 290 g/mol. The zero-order valence-electron chi connectivity index (χ0n) is 11.1. The summed E-state index contributed by atoms with van der Waals surface area (Å²) in [7, 11) is -2.15. The van der Waals surface area contributed by atoms with Crippen LogP contribution in [-0.4, -0.2) is 44.0 Å². The molecule has 0 aliphatic heterocycles. The number of sulfonamides is 1. The number of nitrogens with two attached hydrogens (primary N) is 1. The van der Waals surface area contributed by atoms with Crippen molar-refractivity contribution >= 4 is 27.4 Å². The zero-order chi connectivity index (χ0) is 14.6. The molecule has 0 amide bonds. The third-order valence-electron chi connectivity index (χ3n) is 2.41. The van der Waals surface area contributed by atoms with Crippen LogP contribution in [0.2, 0.25) is 5.02 Å². The van der Waals surface area contributed by atoms with Gasteiger partial charge in [-0.2, -0.15) is 4.31 Å². The first-order valence-corrected chi connectivity index (χ1v) is 7.56. The number of hydrogen-bond donors (Lipinski definition) is 1. The first kappa shape index (κ1) is 16.2. The van der Waals surface area contributed by atoms with Gasteiger partial charge in [-0.1, -0.05) is 11.6 Å². The predicted octanol–water partition coefficient (Wildman–Crippen LogP) is 1.36. The van der Waals surface area contributed by atoms with Crippen LogP contribution in [0.25, 0.3) is 0 Å². The van der Waals surface area contributed by atoms with Gasteiger partial charge in [0.25, 0.3) is 0 Å². The van der Waals surface area contributed by atoms with Crippen molar-refractivity contribution in [1.82, 2.24) is 9.29 Å². The number of ether oxygens (including phenoxy) is 1. The van der Waals surface area contributed by atoms with Crippen molar-refractivity contribution in [3.63, 3.8) is 0 Å². The van der Waals surface area contributed by atoms with Crippen molar-refractivity contribution in [3.05, 3.63) is 17.3 Å². The summed E-state index contributed by atoms with van der Waals surface area (Å²) in [5, 5.41) is 0.118. The van der Waals surface area contributed by atoms with Crippen LogP contribution < -0.4 is 5.73 Å². The van der Waals surface area contributed by atoms with Gasteiger partial charge in [-0.3, -0.25) is 0 Å². The van der Waals surface area contributed by atoms with E-state index in [1.54, 1.807) is 0 Å². The van der Waals surface area contributed by atoms with Crippen molar-refractivity contribution in [1.29, 1.82) is 0 Å². The van der Waals surface area contributed by atoms with E-state index in [0.29, 0.717) is 6.61 Å². The molecule has 0 atom stereocenters. The second kappa shape index (κ2) is 6.51. The summed E-state index contributed by atoms with van der Waals surface area (Å²) < 4.78 is 30.9. The van der Waals surface area contributed by atoms with E-state index in [2.05, 4.69) is 4.98 Å². The minimum atomic E-state index is -3.63. The monoisotopic (exact) mass is 307 g/mol. The summed E-state index contributed by atoms with van der Waals surface area (Å²) in [6.07, 6.45) is 1.25. The Hall–Kier alpha value is -0.890. The summed E-state index contributed by atoms with van der Waals surface area (Å²) in [6, 6.07) is 1.29. The number of aromatic nitrogens is 1. The SMILES string of the molecule is CC(C)OCCN(C)S(=O)(=O)c1cnc(N)c(Cl)c1. The summed E-state index contributed by atoms with van der Waals surface area (Å²) in [4.78, 5) is 3.76. The van der Waals surface area contributed by atoms with E-state index in [0.717, 1.165) is 0 Å². The quantitative estimate of drug-likeness (QED) is 0.857. The maximum atomic E-state index is 12.2. The largest absolute Gasteiger partial charge is 0.382 e. The fraction of sp³-hybridized carbons (Fsp3) is 0.545. The minimum Gasteiger partial charge on any atom is -0.382 e. The van der Waals surface area contributed by atoms with Crippen molar-refractivity contribution in [2.45, 2.75) is 24.8 Å². The van der Waals surface area contributed by atoms with Gasteiger partial charge in [-0.05, 0) is 19.9 Å². The summed E-state index contributed by atoms with van der Waals surface area (Å²) in [5.41, 5.74) is 5.45. The highest BCUT2D eigenvalue weighted by Gasteiger charge is 2.21. The van der Waals surface area contributed by atoms with Gasteiger partial charge in [0.05, 0.1) is 17.7 Å². The number of halogens is 1. The number of anilines is 1.